The molecule has 0 radical (unpaired) electrons. The molecule has 0 aliphatic carbocycles. The Morgan fingerprint density at radius 3 is 1.39 bits per heavy atom. The largest absolute Gasteiger partial charge is 0.264 e. The first-order chi connectivity index (χ1) is 15.3. The van der Waals surface area contributed by atoms with Crippen molar-refractivity contribution in [1.82, 2.24) is 19.9 Å². The summed E-state index contributed by atoms with van der Waals surface area (Å²) in [6, 6.07) is 26.7. The topological polar surface area (TPSA) is 51.6 Å². The van der Waals surface area contributed by atoms with Crippen molar-refractivity contribution < 1.29 is 0 Å². The second kappa shape index (κ2) is 8.28. The van der Waals surface area contributed by atoms with Crippen molar-refractivity contribution in [2.45, 2.75) is 6.92 Å². The molecule has 31 heavy (non-hydrogen) atoms. The Bertz CT molecular complexity index is 1230. The smallest absolute Gasteiger partial charge is 0.126 e. The number of pyridine rings is 2. The summed E-state index contributed by atoms with van der Waals surface area (Å²) in [6.45, 7) is 1.94. The molecular weight excluding hydrogens is 380 g/mol. The third-order valence-electron chi connectivity index (χ3n) is 5.19. The number of aromatic nitrogens is 4. The van der Waals surface area contributed by atoms with Crippen LogP contribution in [0.2, 0.25) is 0 Å². The highest BCUT2D eigenvalue weighted by Crippen LogP contribution is 2.35. The molecule has 0 bridgehead atoms. The molecule has 0 atom stereocenters. The standard InChI is InChI=1S/C27H20N4/c1-19-30-26(24-12-4-2-10-22(24)20-8-6-14-28-17-20)16-27(31-19)25-13-5-3-11-23(25)21-9-7-15-29-18-21/h2-18H,1H3. The Kier molecular flexibility index (Phi) is 5.03. The third-order valence-corrected chi connectivity index (χ3v) is 5.19. The number of nitrogens with zero attached hydrogens (tertiary/aromatic N) is 4. The minimum atomic E-state index is 0.731. The molecule has 0 saturated carbocycles. The van der Waals surface area contributed by atoms with Gasteiger partial charge in [0.2, 0.25) is 0 Å². The molecule has 0 unspecified atom stereocenters. The van der Waals surface area contributed by atoms with Crippen LogP contribution in [-0.4, -0.2) is 19.9 Å². The summed E-state index contributed by atoms with van der Waals surface area (Å²) in [5, 5.41) is 0. The van der Waals surface area contributed by atoms with Gasteiger partial charge in [0.15, 0.2) is 0 Å². The van der Waals surface area contributed by atoms with E-state index in [1.54, 1.807) is 12.4 Å². The van der Waals surface area contributed by atoms with Crippen LogP contribution in [0.4, 0.5) is 0 Å². The zero-order valence-electron chi connectivity index (χ0n) is 17.1. The van der Waals surface area contributed by atoms with E-state index in [2.05, 4.69) is 52.4 Å². The number of rotatable bonds is 4. The van der Waals surface area contributed by atoms with Gasteiger partial charge in [0.25, 0.3) is 0 Å². The van der Waals surface area contributed by atoms with Gasteiger partial charge >= 0.3 is 0 Å². The predicted octanol–water partition coefficient (Wildman–Crippen LogP) is 6.24. The molecule has 0 spiro atoms. The van der Waals surface area contributed by atoms with Gasteiger partial charge in [-0.15, -0.1) is 0 Å². The second-order valence-corrected chi connectivity index (χ2v) is 7.26. The SMILES string of the molecule is Cc1nc(-c2ccccc2-c2cccnc2)cc(-c2ccccc2-c2cccnc2)n1. The summed E-state index contributed by atoms with van der Waals surface area (Å²) in [7, 11) is 0. The molecule has 0 aliphatic rings. The monoisotopic (exact) mass is 400 g/mol. The molecule has 4 heteroatoms. The van der Waals surface area contributed by atoms with E-state index in [1.807, 2.05) is 55.7 Å². The molecule has 5 aromatic rings. The zero-order valence-corrected chi connectivity index (χ0v) is 17.1. The molecule has 3 heterocycles. The Labute approximate surface area is 181 Å². The average molecular weight is 400 g/mol. The van der Waals surface area contributed by atoms with Gasteiger partial charge in [-0.05, 0) is 36.2 Å². The first kappa shape index (κ1) is 18.8. The normalized spacial score (nSPS) is 10.7. The van der Waals surface area contributed by atoms with Crippen molar-refractivity contribution in [3.63, 3.8) is 0 Å². The fraction of sp³-hybridized carbons (Fsp3) is 0.0370. The van der Waals surface area contributed by atoms with Crippen LogP contribution in [0, 0.1) is 6.92 Å². The van der Waals surface area contributed by atoms with E-state index in [-0.39, 0.29) is 0 Å². The van der Waals surface area contributed by atoms with E-state index >= 15 is 0 Å². The average Bonchev–Trinajstić information content (AvgIpc) is 2.85. The van der Waals surface area contributed by atoms with Gasteiger partial charge in [-0.3, -0.25) is 9.97 Å². The lowest BCUT2D eigenvalue weighted by atomic mass is 9.95. The number of benzene rings is 2. The van der Waals surface area contributed by atoms with Crippen molar-refractivity contribution >= 4 is 0 Å². The van der Waals surface area contributed by atoms with Crippen LogP contribution in [0.25, 0.3) is 44.8 Å². The van der Waals surface area contributed by atoms with Crippen molar-refractivity contribution in [2.24, 2.45) is 0 Å². The lowest BCUT2D eigenvalue weighted by molar-refractivity contribution is 1.06. The Morgan fingerprint density at radius 2 is 0.968 bits per heavy atom. The van der Waals surface area contributed by atoms with E-state index in [4.69, 9.17) is 9.97 Å². The fourth-order valence-corrected chi connectivity index (χ4v) is 3.80. The summed E-state index contributed by atoms with van der Waals surface area (Å²) >= 11 is 0. The van der Waals surface area contributed by atoms with Crippen molar-refractivity contribution in [2.75, 3.05) is 0 Å². The van der Waals surface area contributed by atoms with Gasteiger partial charge < -0.3 is 0 Å². The predicted molar refractivity (Wildman–Crippen MR) is 124 cm³/mol. The molecule has 0 aliphatic heterocycles. The van der Waals surface area contributed by atoms with Gasteiger partial charge in [0, 0.05) is 47.0 Å². The second-order valence-electron chi connectivity index (χ2n) is 7.26. The van der Waals surface area contributed by atoms with E-state index in [0.717, 1.165) is 50.6 Å². The maximum absolute atomic E-state index is 4.77. The van der Waals surface area contributed by atoms with E-state index in [9.17, 15) is 0 Å². The van der Waals surface area contributed by atoms with Crippen molar-refractivity contribution in [3.8, 4) is 44.8 Å². The Morgan fingerprint density at radius 1 is 0.516 bits per heavy atom. The summed E-state index contributed by atoms with van der Waals surface area (Å²) in [6.07, 6.45) is 7.33. The van der Waals surface area contributed by atoms with Crippen LogP contribution in [0.3, 0.4) is 0 Å². The molecule has 0 fully saturated rings. The number of aryl methyl sites for hydroxylation is 1. The van der Waals surface area contributed by atoms with Crippen molar-refractivity contribution in [1.29, 1.82) is 0 Å². The molecule has 148 valence electrons. The highest BCUT2D eigenvalue weighted by Gasteiger charge is 2.14. The van der Waals surface area contributed by atoms with Crippen LogP contribution >= 0.6 is 0 Å². The summed E-state index contributed by atoms with van der Waals surface area (Å²) < 4.78 is 0. The fourth-order valence-electron chi connectivity index (χ4n) is 3.80. The zero-order chi connectivity index (χ0) is 21.0. The van der Waals surface area contributed by atoms with Gasteiger partial charge in [-0.2, -0.15) is 0 Å². The minimum absolute atomic E-state index is 0.731. The van der Waals surface area contributed by atoms with Crippen LogP contribution in [0.15, 0.2) is 104 Å². The Balaban J connectivity index is 1.68. The maximum atomic E-state index is 4.77. The molecule has 2 aromatic carbocycles. The van der Waals surface area contributed by atoms with Gasteiger partial charge in [0.05, 0.1) is 11.4 Å². The highest BCUT2D eigenvalue weighted by atomic mass is 14.9. The minimum Gasteiger partial charge on any atom is -0.264 e. The lowest BCUT2D eigenvalue weighted by Gasteiger charge is -2.13. The van der Waals surface area contributed by atoms with Gasteiger partial charge in [0.1, 0.15) is 5.82 Å². The number of hydrogen-bond donors (Lipinski definition) is 0. The summed E-state index contributed by atoms with van der Waals surface area (Å²) in [4.78, 5) is 18.1. The van der Waals surface area contributed by atoms with Gasteiger partial charge in [-0.1, -0.05) is 60.7 Å². The Hall–Kier alpha value is -4.18. The lowest BCUT2D eigenvalue weighted by Crippen LogP contribution is -1.97. The number of hydrogen-bond acceptors (Lipinski definition) is 4. The van der Waals surface area contributed by atoms with E-state index in [0.29, 0.717) is 0 Å². The maximum Gasteiger partial charge on any atom is 0.126 e. The van der Waals surface area contributed by atoms with Crippen molar-refractivity contribution in [3.05, 3.63) is 109 Å². The van der Waals surface area contributed by atoms with E-state index < -0.39 is 0 Å². The third kappa shape index (κ3) is 3.83. The quantitative estimate of drug-likeness (QED) is 0.358. The highest BCUT2D eigenvalue weighted by molar-refractivity contribution is 5.86. The van der Waals surface area contributed by atoms with Crippen LogP contribution in [-0.2, 0) is 0 Å². The molecule has 0 amide bonds. The van der Waals surface area contributed by atoms with Gasteiger partial charge in [-0.25, -0.2) is 9.97 Å². The first-order valence-electron chi connectivity index (χ1n) is 10.1. The molecule has 0 saturated heterocycles. The van der Waals surface area contributed by atoms with Crippen LogP contribution in [0.1, 0.15) is 5.82 Å². The molecule has 3 aromatic heterocycles. The summed E-state index contributed by atoms with van der Waals surface area (Å²) in [5.74, 6) is 0.731. The summed E-state index contributed by atoms with van der Waals surface area (Å²) in [5.41, 5.74) is 8.21. The van der Waals surface area contributed by atoms with Crippen LogP contribution < -0.4 is 0 Å². The molecule has 4 nitrogen and oxygen atoms in total. The van der Waals surface area contributed by atoms with E-state index in [1.165, 1.54) is 0 Å². The molecule has 0 N–H and O–H groups in total. The van der Waals surface area contributed by atoms with Crippen LogP contribution in [0.5, 0.6) is 0 Å². The first-order valence-corrected chi connectivity index (χ1v) is 10.1. The molecule has 5 rings (SSSR count). The molecular formula is C27H20N4.